The maximum absolute atomic E-state index is 12.9. The van der Waals surface area contributed by atoms with Crippen LogP contribution in [-0.4, -0.2) is 121 Å². The van der Waals surface area contributed by atoms with Gasteiger partial charge in [-0.15, -0.1) is 0 Å². The molecule has 116 heavy (non-hydrogen) atoms. The maximum atomic E-state index is 12.9. The smallest absolute Gasteiger partial charge is 0.317 e. The Morgan fingerprint density at radius 3 is 0.983 bits per heavy atom. The number of amides is 7. The second-order valence-corrected chi connectivity index (χ2v) is 29.7. The summed E-state index contributed by atoms with van der Waals surface area (Å²) in [5, 5.41) is 17.2. The van der Waals surface area contributed by atoms with Crippen molar-refractivity contribution < 1.29 is 38.4 Å². The second-order valence-electron chi connectivity index (χ2n) is 29.7. The number of fused-ring (bicyclic) bond motifs is 5. The third kappa shape index (κ3) is 21.3. The van der Waals surface area contributed by atoms with E-state index in [0.29, 0.717) is 42.6 Å². The van der Waals surface area contributed by atoms with Crippen molar-refractivity contribution in [1.82, 2.24) is 71.1 Å². The van der Waals surface area contributed by atoms with Crippen LogP contribution < -0.4 is 37.6 Å². The minimum absolute atomic E-state index is 0.00887. The molecular formula is C91H93N17O8. The van der Waals surface area contributed by atoms with Gasteiger partial charge in [0.1, 0.15) is 22.8 Å². The number of hydrogen-bond donors (Lipinski definition) is 7. The molecule has 1 saturated carbocycles. The van der Waals surface area contributed by atoms with Crippen LogP contribution in [0, 0.1) is 11.8 Å². The monoisotopic (exact) mass is 1550 g/mol. The summed E-state index contributed by atoms with van der Waals surface area (Å²) in [7, 11) is 0. The van der Waals surface area contributed by atoms with E-state index >= 15 is 0 Å². The van der Waals surface area contributed by atoms with Crippen molar-refractivity contribution in [1.29, 1.82) is 0 Å². The lowest BCUT2D eigenvalue weighted by molar-refractivity contribution is 0.0898. The van der Waals surface area contributed by atoms with Crippen LogP contribution in [0.4, 0.5) is 16.4 Å². The van der Waals surface area contributed by atoms with E-state index in [9.17, 15) is 38.4 Å². The maximum Gasteiger partial charge on any atom is 0.317 e. The quantitative estimate of drug-likeness (QED) is 0.0370. The number of nitrogens with two attached hydrogens (primary N) is 1. The van der Waals surface area contributed by atoms with Crippen LogP contribution in [-0.2, 0) is 77.0 Å². The summed E-state index contributed by atoms with van der Waals surface area (Å²) in [6, 6.07) is 49.9. The van der Waals surface area contributed by atoms with Gasteiger partial charge in [-0.3, -0.25) is 48.8 Å². The Morgan fingerprint density at radius 1 is 0.302 bits per heavy atom. The van der Waals surface area contributed by atoms with E-state index in [0.717, 1.165) is 101 Å². The molecule has 25 nitrogen and oxygen atoms in total. The van der Waals surface area contributed by atoms with E-state index in [1.165, 1.54) is 99.2 Å². The van der Waals surface area contributed by atoms with Gasteiger partial charge in [-0.1, -0.05) is 173 Å². The third-order valence-electron chi connectivity index (χ3n) is 21.5. The zero-order valence-electron chi connectivity index (χ0n) is 64.9. The number of benzene rings is 6. The second kappa shape index (κ2) is 39.4. The topological polar surface area (TPSA) is 364 Å². The first-order valence-electron chi connectivity index (χ1n) is 39.7. The van der Waals surface area contributed by atoms with Crippen LogP contribution in [0.15, 0.2) is 214 Å². The molecule has 0 spiro atoms. The van der Waals surface area contributed by atoms with Gasteiger partial charge in [0.2, 0.25) is 0 Å². The summed E-state index contributed by atoms with van der Waals surface area (Å²) in [6.07, 6.45) is 31.5. The van der Waals surface area contributed by atoms with Crippen molar-refractivity contribution in [3.05, 3.63) is 320 Å². The zero-order valence-corrected chi connectivity index (χ0v) is 64.9. The molecule has 0 unspecified atom stereocenters. The molecule has 1 fully saturated rings. The van der Waals surface area contributed by atoms with Crippen molar-refractivity contribution in [3.63, 3.8) is 0 Å². The zero-order chi connectivity index (χ0) is 80.7. The number of carbonyl (C=O) groups is 8. The molecule has 6 aliphatic rings. The third-order valence-corrected chi connectivity index (χ3v) is 21.5. The Bertz CT molecular complexity index is 5110. The Hall–Kier alpha value is -13.3. The fraction of sp³-hybridized carbons (Fsp3) is 0.297. The molecule has 5 heterocycles. The number of Topliss-reactive ketones (excluding diaryl/α,β-unsaturated/α-hetero) is 2. The fourth-order valence-electron chi connectivity index (χ4n) is 16.0. The van der Waals surface area contributed by atoms with Gasteiger partial charge in [0.15, 0.2) is 34.6 Å². The number of urea groups is 1. The van der Waals surface area contributed by atoms with Gasteiger partial charge in [0, 0.05) is 105 Å². The van der Waals surface area contributed by atoms with E-state index in [4.69, 9.17) is 5.73 Å². The van der Waals surface area contributed by atoms with Crippen molar-refractivity contribution in [3.8, 4) is 0 Å². The van der Waals surface area contributed by atoms with Crippen molar-refractivity contribution in [2.45, 2.75) is 160 Å². The lowest BCUT2D eigenvalue weighted by Gasteiger charge is -2.22. The molecule has 0 bridgehead atoms. The molecule has 0 saturated heterocycles. The van der Waals surface area contributed by atoms with Crippen LogP contribution >= 0.6 is 0 Å². The summed E-state index contributed by atoms with van der Waals surface area (Å²) in [4.78, 5) is 140. The number of rotatable bonds is 19. The summed E-state index contributed by atoms with van der Waals surface area (Å²) in [5.41, 5.74) is 21.7. The summed E-state index contributed by atoms with van der Waals surface area (Å²) >= 11 is 0. The van der Waals surface area contributed by atoms with Crippen LogP contribution in [0.1, 0.15) is 199 Å². The molecule has 6 aliphatic carbocycles. The first-order chi connectivity index (χ1) is 56.6. The van der Waals surface area contributed by atoms with E-state index in [1.54, 1.807) is 49.1 Å². The van der Waals surface area contributed by atoms with Crippen LogP contribution in [0.25, 0.3) is 0 Å². The summed E-state index contributed by atoms with van der Waals surface area (Å²) in [5.74, 6) is -0.602. The van der Waals surface area contributed by atoms with Gasteiger partial charge < -0.3 is 32.3 Å². The molecule has 11 aromatic rings. The van der Waals surface area contributed by atoms with Crippen molar-refractivity contribution >= 4 is 58.8 Å². The Morgan fingerprint density at radius 2 is 0.595 bits per heavy atom. The van der Waals surface area contributed by atoms with Crippen molar-refractivity contribution in [2.24, 2.45) is 17.6 Å². The van der Waals surface area contributed by atoms with Crippen LogP contribution in [0.3, 0.4) is 0 Å². The number of aryl methyl sites for hydroxylation is 2. The Balaban J connectivity index is 0.000000127. The minimum Gasteiger partial charge on any atom is -0.351 e. The van der Waals surface area contributed by atoms with Gasteiger partial charge in [-0.2, -0.15) is 0 Å². The highest BCUT2D eigenvalue weighted by molar-refractivity contribution is 6.08. The van der Waals surface area contributed by atoms with E-state index < -0.39 is 6.03 Å². The van der Waals surface area contributed by atoms with Gasteiger partial charge >= 0.3 is 6.03 Å². The van der Waals surface area contributed by atoms with Crippen molar-refractivity contribution in [2.75, 3.05) is 10.6 Å². The van der Waals surface area contributed by atoms with Gasteiger partial charge in [-0.25, -0.2) is 44.7 Å². The summed E-state index contributed by atoms with van der Waals surface area (Å²) < 4.78 is 0. The molecular weight excluding hydrogens is 1460 g/mol. The number of primary amides is 1. The summed E-state index contributed by atoms with van der Waals surface area (Å²) in [6.45, 7) is 3.96. The molecule has 17 rings (SSSR count). The fourth-order valence-corrected chi connectivity index (χ4v) is 16.0. The molecule has 5 aromatic heterocycles. The molecule has 0 aliphatic heterocycles. The van der Waals surface area contributed by atoms with E-state index in [-0.39, 0.29) is 112 Å². The Kier molecular flexibility index (Phi) is 27.4. The van der Waals surface area contributed by atoms with Gasteiger partial charge in [-0.05, 0) is 169 Å². The lowest BCUT2D eigenvalue weighted by Crippen LogP contribution is -2.37. The number of nitrogens with one attached hydrogen (secondary N) is 6. The van der Waals surface area contributed by atoms with E-state index in [2.05, 4.69) is 142 Å². The number of carbonyl (C=O) groups excluding carboxylic acids is 8. The molecule has 25 heteroatoms. The van der Waals surface area contributed by atoms with E-state index in [1.807, 2.05) is 80.6 Å². The average Bonchev–Trinajstić information content (AvgIpc) is 1.45. The Labute approximate surface area is 673 Å². The number of aromatic nitrogens is 10. The molecule has 6 aromatic carbocycles. The van der Waals surface area contributed by atoms with Crippen LogP contribution in [0.2, 0.25) is 0 Å². The highest BCUT2D eigenvalue weighted by Crippen LogP contribution is 2.33. The standard InChI is InChI=1S/C22H25N3O2.C21H18N4O2.C16H16N4O2.2C16H17N3O/c26-19(14-15-12-16-6-4-5-7-17(16)13-15)20-21(24-11-10-23-20)22(27)25-18-8-2-1-3-9-18;26-20(14-6-2-1-3-7-14)25-19-18(22-10-11-23-19)21(27)24-17-12-15-8-4-5-9-16(15)13-17;17-16(22)20-15-14(18-5-6-19-15)13(21)9-10-7-11-3-1-2-4-12(11)8-10;2*1-2-14-15(18-8-7-17-14)16(20)19-13-9-11-5-3-4-6-12(11)10-13/h4-7,10-11,15,18H,1-3,8-9,12-14H2,(H,25,27);1-11,17H,12-13H2,(H,24,27)(H,23,25,26);1-6,10H,7-9H2,(H3,17,19,20,22);2*3-8,13H,2,9-10H2,1H3,(H,19,20). The number of hydrogen-bond acceptors (Lipinski definition) is 18. The predicted molar refractivity (Wildman–Crippen MR) is 439 cm³/mol. The van der Waals surface area contributed by atoms with Gasteiger partial charge in [0.25, 0.3) is 29.5 Å². The average molecular weight is 1550 g/mol. The SMILES string of the molecule is CCc1nccnc1C(=O)NC1Cc2ccccc2C1.CCc1nccnc1C(=O)NC1Cc2ccccc2C1.NC(=O)Nc1nccnc1C(=O)CC1Cc2ccccc2C1.O=C(CC1Cc2ccccc2C1)c1nccnc1C(=O)NC1CCCCC1.O=C(Nc1nccnc1C(=O)NC1Cc2ccccc2C1)c1ccccc1. The molecule has 7 amide bonds. The predicted octanol–water partition coefficient (Wildman–Crippen LogP) is 12.0. The molecule has 590 valence electrons. The van der Waals surface area contributed by atoms with Gasteiger partial charge in [0.05, 0.1) is 11.4 Å². The highest BCUT2D eigenvalue weighted by atomic mass is 16.2. The minimum atomic E-state index is -0.761. The number of anilines is 2. The number of ketones is 2. The largest absolute Gasteiger partial charge is 0.351 e. The molecule has 8 N–H and O–H groups in total. The first kappa shape index (κ1) is 80.7. The molecule has 0 atom stereocenters. The highest BCUT2D eigenvalue weighted by Gasteiger charge is 2.32. The lowest BCUT2D eigenvalue weighted by atomic mass is 9.95. The number of nitrogens with zero attached hydrogens (tertiary/aromatic N) is 10. The molecule has 0 radical (unpaired) electrons. The van der Waals surface area contributed by atoms with Crippen LogP contribution in [0.5, 0.6) is 0 Å². The first-order valence-corrected chi connectivity index (χ1v) is 39.7. The normalized spacial score (nSPS) is 14.5.